The first kappa shape index (κ1) is 18.4. The molecule has 1 aliphatic heterocycles. The van der Waals surface area contributed by atoms with Gasteiger partial charge in [-0.05, 0) is 5.56 Å². The molecule has 6 nitrogen and oxygen atoms in total. The van der Waals surface area contributed by atoms with E-state index in [0.29, 0.717) is 26.2 Å². The van der Waals surface area contributed by atoms with Crippen LogP contribution in [-0.4, -0.2) is 49.1 Å². The Labute approximate surface area is 136 Å². The molecule has 0 radical (unpaired) electrons. The van der Waals surface area contributed by atoms with E-state index in [9.17, 15) is 9.59 Å². The third-order valence-electron chi connectivity index (χ3n) is 3.34. The first-order valence-electron chi connectivity index (χ1n) is 7.06. The first-order chi connectivity index (χ1) is 10.1. The van der Waals surface area contributed by atoms with E-state index in [0.717, 1.165) is 12.1 Å². The van der Waals surface area contributed by atoms with Crippen LogP contribution in [0.3, 0.4) is 0 Å². The van der Waals surface area contributed by atoms with E-state index in [1.54, 1.807) is 0 Å². The molecule has 122 valence electrons. The average molecular weight is 328 g/mol. The highest BCUT2D eigenvalue weighted by Crippen LogP contribution is 2.08. The lowest BCUT2D eigenvalue weighted by Crippen LogP contribution is -2.46. The molecule has 1 aromatic rings. The van der Waals surface area contributed by atoms with Crippen LogP contribution in [-0.2, 0) is 20.9 Å². The summed E-state index contributed by atoms with van der Waals surface area (Å²) in [6.45, 7) is 2.24. The quantitative estimate of drug-likeness (QED) is 0.787. The molecule has 0 aromatic heterocycles. The summed E-state index contributed by atoms with van der Waals surface area (Å²) in [6, 6.07) is 9.55. The number of amides is 2. The lowest BCUT2D eigenvalue weighted by atomic mass is 10.1. The van der Waals surface area contributed by atoms with E-state index in [4.69, 9.17) is 10.5 Å². The number of carbonyl (C=O) groups is 2. The summed E-state index contributed by atoms with van der Waals surface area (Å²) >= 11 is 0. The predicted molar refractivity (Wildman–Crippen MR) is 85.5 cm³/mol. The summed E-state index contributed by atoms with van der Waals surface area (Å²) in [5, 5.41) is 3.23. The van der Waals surface area contributed by atoms with Gasteiger partial charge in [0, 0.05) is 25.6 Å². The van der Waals surface area contributed by atoms with Gasteiger partial charge in [-0.1, -0.05) is 30.3 Å². The normalized spacial score (nSPS) is 17.4. The molecule has 7 heteroatoms. The van der Waals surface area contributed by atoms with Crippen molar-refractivity contribution in [3.8, 4) is 0 Å². The summed E-state index contributed by atoms with van der Waals surface area (Å²) in [5.41, 5.74) is 6.22. The SMILES string of the molecule is Cl.NC(=O)CN(Cc1ccccc1)C(=O)CC1COCCN1. The highest BCUT2D eigenvalue weighted by atomic mass is 35.5. The molecule has 0 aliphatic carbocycles. The fraction of sp³-hybridized carbons (Fsp3) is 0.467. The summed E-state index contributed by atoms with van der Waals surface area (Å²) < 4.78 is 5.34. The van der Waals surface area contributed by atoms with Crippen molar-refractivity contribution in [2.24, 2.45) is 5.73 Å². The minimum Gasteiger partial charge on any atom is -0.378 e. The highest BCUT2D eigenvalue weighted by molar-refractivity contribution is 5.85. The molecule has 22 heavy (non-hydrogen) atoms. The van der Waals surface area contributed by atoms with Gasteiger partial charge in [-0.25, -0.2) is 0 Å². The Morgan fingerprint density at radius 2 is 2.05 bits per heavy atom. The number of hydrogen-bond acceptors (Lipinski definition) is 4. The molecule has 0 bridgehead atoms. The number of nitrogens with one attached hydrogen (secondary N) is 1. The van der Waals surface area contributed by atoms with Gasteiger partial charge in [0.1, 0.15) is 0 Å². The van der Waals surface area contributed by atoms with Gasteiger partial charge in [0.05, 0.1) is 19.8 Å². The number of morpholine rings is 1. The summed E-state index contributed by atoms with van der Waals surface area (Å²) in [5.74, 6) is -0.604. The van der Waals surface area contributed by atoms with E-state index in [1.165, 1.54) is 4.90 Å². The van der Waals surface area contributed by atoms with Gasteiger partial charge in [-0.3, -0.25) is 9.59 Å². The second kappa shape index (κ2) is 9.40. The molecule has 0 spiro atoms. The maximum absolute atomic E-state index is 12.4. The zero-order valence-corrected chi connectivity index (χ0v) is 13.2. The number of halogens is 1. The molecular formula is C15H22ClN3O3. The molecule has 1 aliphatic rings. The fourth-order valence-electron chi connectivity index (χ4n) is 2.31. The standard InChI is InChI=1S/C15H21N3O3.ClH/c16-14(19)10-18(9-12-4-2-1-3-5-12)15(20)8-13-11-21-7-6-17-13;/h1-5,13,17H,6-11H2,(H2,16,19);1H. The first-order valence-corrected chi connectivity index (χ1v) is 7.06. The van der Waals surface area contributed by atoms with Gasteiger partial charge in [0.25, 0.3) is 0 Å². The molecule has 1 atom stereocenters. The summed E-state index contributed by atoms with van der Waals surface area (Å²) in [6.07, 6.45) is 0.306. The lowest BCUT2D eigenvalue weighted by Gasteiger charge is -2.27. The van der Waals surface area contributed by atoms with Crippen molar-refractivity contribution in [3.63, 3.8) is 0 Å². The van der Waals surface area contributed by atoms with Crippen LogP contribution in [0.5, 0.6) is 0 Å². The number of nitrogens with zero attached hydrogens (tertiary/aromatic N) is 1. The van der Waals surface area contributed by atoms with E-state index < -0.39 is 5.91 Å². The third-order valence-corrected chi connectivity index (χ3v) is 3.34. The van der Waals surface area contributed by atoms with Crippen molar-refractivity contribution >= 4 is 24.2 Å². The largest absolute Gasteiger partial charge is 0.378 e. The van der Waals surface area contributed by atoms with Crippen LogP contribution in [0.4, 0.5) is 0 Å². The molecular weight excluding hydrogens is 306 g/mol. The molecule has 1 heterocycles. The molecule has 1 fully saturated rings. The topological polar surface area (TPSA) is 84.7 Å². The maximum atomic E-state index is 12.4. The van der Waals surface area contributed by atoms with Gasteiger partial charge < -0.3 is 20.7 Å². The number of benzene rings is 1. The number of carbonyl (C=O) groups excluding carboxylic acids is 2. The zero-order chi connectivity index (χ0) is 15.1. The molecule has 1 saturated heterocycles. The van der Waals surface area contributed by atoms with Crippen LogP contribution in [0.15, 0.2) is 30.3 Å². The van der Waals surface area contributed by atoms with Crippen LogP contribution in [0, 0.1) is 0 Å². The minimum atomic E-state index is -0.507. The maximum Gasteiger partial charge on any atom is 0.237 e. The number of ether oxygens (including phenoxy) is 1. The van der Waals surface area contributed by atoms with Crippen LogP contribution < -0.4 is 11.1 Å². The lowest BCUT2D eigenvalue weighted by molar-refractivity contribution is -0.136. The Morgan fingerprint density at radius 1 is 1.32 bits per heavy atom. The van der Waals surface area contributed by atoms with Crippen molar-refractivity contribution in [1.29, 1.82) is 0 Å². The minimum absolute atomic E-state index is 0. The molecule has 0 saturated carbocycles. The highest BCUT2D eigenvalue weighted by Gasteiger charge is 2.22. The van der Waals surface area contributed by atoms with Crippen molar-refractivity contribution < 1.29 is 14.3 Å². The number of nitrogens with two attached hydrogens (primary N) is 1. The van der Waals surface area contributed by atoms with Crippen molar-refractivity contribution in [2.75, 3.05) is 26.3 Å². The molecule has 1 aromatic carbocycles. The Bertz CT molecular complexity index is 478. The summed E-state index contributed by atoms with van der Waals surface area (Å²) in [7, 11) is 0. The fourth-order valence-corrected chi connectivity index (χ4v) is 2.31. The van der Waals surface area contributed by atoms with E-state index in [-0.39, 0.29) is 30.9 Å². The number of primary amides is 1. The number of rotatable bonds is 6. The second-order valence-electron chi connectivity index (χ2n) is 5.13. The van der Waals surface area contributed by atoms with Crippen LogP contribution in [0.2, 0.25) is 0 Å². The van der Waals surface area contributed by atoms with E-state index in [1.807, 2.05) is 30.3 Å². The van der Waals surface area contributed by atoms with Crippen molar-refractivity contribution in [3.05, 3.63) is 35.9 Å². The number of hydrogen-bond donors (Lipinski definition) is 2. The molecule has 2 rings (SSSR count). The summed E-state index contributed by atoms with van der Waals surface area (Å²) in [4.78, 5) is 25.1. The zero-order valence-electron chi connectivity index (χ0n) is 12.4. The molecule has 1 unspecified atom stereocenters. The van der Waals surface area contributed by atoms with Gasteiger partial charge >= 0.3 is 0 Å². The monoisotopic (exact) mass is 327 g/mol. The van der Waals surface area contributed by atoms with Crippen LogP contribution >= 0.6 is 12.4 Å². The van der Waals surface area contributed by atoms with E-state index >= 15 is 0 Å². The second-order valence-corrected chi connectivity index (χ2v) is 5.13. The van der Waals surface area contributed by atoms with E-state index in [2.05, 4.69) is 5.32 Å². The van der Waals surface area contributed by atoms with Crippen LogP contribution in [0.25, 0.3) is 0 Å². The van der Waals surface area contributed by atoms with Crippen LogP contribution in [0.1, 0.15) is 12.0 Å². The van der Waals surface area contributed by atoms with Crippen molar-refractivity contribution in [2.45, 2.75) is 19.0 Å². The molecule has 2 amide bonds. The Hall–Kier alpha value is -1.63. The van der Waals surface area contributed by atoms with Gasteiger partial charge in [-0.2, -0.15) is 0 Å². The average Bonchev–Trinajstić information content (AvgIpc) is 2.48. The smallest absolute Gasteiger partial charge is 0.237 e. The Kier molecular flexibility index (Phi) is 7.87. The van der Waals surface area contributed by atoms with Gasteiger partial charge in [-0.15, -0.1) is 12.4 Å². The Balaban J connectivity index is 0.00000242. The van der Waals surface area contributed by atoms with Gasteiger partial charge in [0.2, 0.25) is 11.8 Å². The molecule has 3 N–H and O–H groups in total. The van der Waals surface area contributed by atoms with Crippen molar-refractivity contribution in [1.82, 2.24) is 10.2 Å². The predicted octanol–water partition coefficient (Wildman–Crippen LogP) is 0.301. The Morgan fingerprint density at radius 3 is 2.64 bits per heavy atom. The third kappa shape index (κ3) is 6.01. The van der Waals surface area contributed by atoms with Gasteiger partial charge in [0.15, 0.2) is 0 Å².